The standard InChI is InChI=1S/C17H20N6/c1-12-9-14-15(19-11-13-5-4-6-18-10-13)21-17(22-16(14)20-12)23-7-2-3-8-23/h4-6,9-10H,2-3,7-8,11H2,1H3,(H2,19,20,21,22). The van der Waals surface area contributed by atoms with Crippen LogP contribution < -0.4 is 10.2 Å². The van der Waals surface area contributed by atoms with Gasteiger partial charge in [-0.05, 0) is 37.5 Å². The number of H-pyrrole nitrogens is 1. The van der Waals surface area contributed by atoms with Gasteiger partial charge in [-0.2, -0.15) is 9.97 Å². The van der Waals surface area contributed by atoms with Crippen molar-refractivity contribution in [1.29, 1.82) is 0 Å². The summed E-state index contributed by atoms with van der Waals surface area (Å²) in [7, 11) is 0. The minimum absolute atomic E-state index is 0.698. The maximum Gasteiger partial charge on any atom is 0.229 e. The summed E-state index contributed by atoms with van der Waals surface area (Å²) in [4.78, 5) is 19.2. The third-order valence-corrected chi connectivity index (χ3v) is 4.18. The van der Waals surface area contributed by atoms with E-state index >= 15 is 0 Å². The van der Waals surface area contributed by atoms with Crippen LogP contribution in [0.25, 0.3) is 11.0 Å². The van der Waals surface area contributed by atoms with Gasteiger partial charge in [0.1, 0.15) is 11.5 Å². The molecular formula is C17H20N6. The summed E-state index contributed by atoms with van der Waals surface area (Å²) in [5, 5.41) is 4.48. The Balaban J connectivity index is 1.68. The summed E-state index contributed by atoms with van der Waals surface area (Å²) in [6, 6.07) is 6.10. The lowest BCUT2D eigenvalue weighted by molar-refractivity contribution is 0.903. The zero-order chi connectivity index (χ0) is 15.6. The van der Waals surface area contributed by atoms with Crippen LogP contribution in [0, 0.1) is 6.92 Å². The van der Waals surface area contributed by atoms with E-state index in [1.165, 1.54) is 12.8 Å². The molecule has 0 bridgehead atoms. The number of rotatable bonds is 4. The summed E-state index contributed by atoms with van der Waals surface area (Å²) < 4.78 is 0. The van der Waals surface area contributed by atoms with Crippen molar-refractivity contribution < 1.29 is 0 Å². The van der Waals surface area contributed by atoms with Crippen LogP contribution in [0.3, 0.4) is 0 Å². The fourth-order valence-electron chi connectivity index (χ4n) is 3.01. The molecule has 3 aromatic rings. The number of hydrogen-bond acceptors (Lipinski definition) is 5. The first kappa shape index (κ1) is 14.0. The molecule has 0 spiro atoms. The largest absolute Gasteiger partial charge is 0.365 e. The molecule has 0 unspecified atom stereocenters. The molecule has 2 N–H and O–H groups in total. The Labute approximate surface area is 135 Å². The Morgan fingerprint density at radius 2 is 2.13 bits per heavy atom. The Hall–Kier alpha value is -2.63. The van der Waals surface area contributed by atoms with Crippen LogP contribution in [0.5, 0.6) is 0 Å². The number of nitrogens with one attached hydrogen (secondary N) is 2. The molecule has 4 heterocycles. The van der Waals surface area contributed by atoms with E-state index in [0.717, 1.165) is 47.1 Å². The number of nitrogens with zero attached hydrogens (tertiary/aromatic N) is 4. The molecule has 23 heavy (non-hydrogen) atoms. The fourth-order valence-corrected chi connectivity index (χ4v) is 3.01. The molecule has 0 radical (unpaired) electrons. The predicted molar refractivity (Wildman–Crippen MR) is 91.6 cm³/mol. The lowest BCUT2D eigenvalue weighted by Crippen LogP contribution is -2.21. The number of pyridine rings is 1. The van der Waals surface area contributed by atoms with E-state index in [1.807, 2.05) is 19.2 Å². The quantitative estimate of drug-likeness (QED) is 0.775. The predicted octanol–water partition coefficient (Wildman–Crippen LogP) is 2.87. The Kier molecular flexibility index (Phi) is 3.57. The number of hydrogen-bond donors (Lipinski definition) is 2. The summed E-state index contributed by atoms with van der Waals surface area (Å²) in [6.07, 6.45) is 6.08. The Morgan fingerprint density at radius 3 is 2.91 bits per heavy atom. The van der Waals surface area contributed by atoms with Crippen LogP contribution in [0.1, 0.15) is 24.1 Å². The number of aromatic amines is 1. The Bertz CT molecular complexity index is 805. The van der Waals surface area contributed by atoms with Gasteiger partial charge in [0.15, 0.2) is 0 Å². The van der Waals surface area contributed by atoms with Crippen molar-refractivity contribution >= 4 is 22.8 Å². The number of aryl methyl sites for hydroxylation is 1. The van der Waals surface area contributed by atoms with Crippen LogP contribution in [-0.4, -0.2) is 33.0 Å². The lowest BCUT2D eigenvalue weighted by atomic mass is 10.3. The molecule has 0 amide bonds. The molecule has 0 aromatic carbocycles. The van der Waals surface area contributed by atoms with E-state index < -0.39 is 0 Å². The van der Waals surface area contributed by atoms with E-state index in [1.54, 1.807) is 6.20 Å². The molecule has 4 rings (SSSR count). The van der Waals surface area contributed by atoms with Gasteiger partial charge in [0.05, 0.1) is 5.39 Å². The van der Waals surface area contributed by atoms with Crippen LogP contribution in [0.4, 0.5) is 11.8 Å². The van der Waals surface area contributed by atoms with E-state index in [0.29, 0.717) is 6.54 Å². The average molecular weight is 308 g/mol. The van der Waals surface area contributed by atoms with E-state index in [9.17, 15) is 0 Å². The smallest absolute Gasteiger partial charge is 0.229 e. The molecule has 1 aliphatic heterocycles. The monoisotopic (exact) mass is 308 g/mol. The molecule has 1 saturated heterocycles. The summed E-state index contributed by atoms with van der Waals surface area (Å²) >= 11 is 0. The van der Waals surface area contributed by atoms with Gasteiger partial charge >= 0.3 is 0 Å². The molecule has 1 aliphatic rings. The molecule has 118 valence electrons. The van der Waals surface area contributed by atoms with Crippen LogP contribution in [0.15, 0.2) is 30.6 Å². The zero-order valence-corrected chi connectivity index (χ0v) is 13.2. The number of fused-ring (bicyclic) bond motifs is 1. The Morgan fingerprint density at radius 1 is 1.26 bits per heavy atom. The molecule has 0 aliphatic carbocycles. The highest BCUT2D eigenvalue weighted by atomic mass is 15.3. The molecule has 6 heteroatoms. The zero-order valence-electron chi connectivity index (χ0n) is 13.2. The second-order valence-corrected chi connectivity index (χ2v) is 6.00. The third kappa shape index (κ3) is 2.84. The van der Waals surface area contributed by atoms with Crippen molar-refractivity contribution in [3.63, 3.8) is 0 Å². The fraction of sp³-hybridized carbons (Fsp3) is 0.353. The van der Waals surface area contributed by atoms with Gasteiger partial charge in [0.2, 0.25) is 5.95 Å². The van der Waals surface area contributed by atoms with E-state index in [-0.39, 0.29) is 0 Å². The van der Waals surface area contributed by atoms with Gasteiger partial charge in [0, 0.05) is 37.7 Å². The summed E-state index contributed by atoms with van der Waals surface area (Å²) in [5.41, 5.74) is 3.12. The first-order valence-corrected chi connectivity index (χ1v) is 8.05. The van der Waals surface area contributed by atoms with Crippen LogP contribution >= 0.6 is 0 Å². The second-order valence-electron chi connectivity index (χ2n) is 6.00. The van der Waals surface area contributed by atoms with Gasteiger partial charge in [-0.1, -0.05) is 6.07 Å². The molecular weight excluding hydrogens is 288 g/mol. The average Bonchev–Trinajstić information content (AvgIpc) is 3.21. The minimum Gasteiger partial charge on any atom is -0.365 e. The van der Waals surface area contributed by atoms with Gasteiger partial charge < -0.3 is 15.2 Å². The minimum atomic E-state index is 0.698. The highest BCUT2D eigenvalue weighted by Gasteiger charge is 2.18. The highest BCUT2D eigenvalue weighted by molar-refractivity contribution is 5.89. The molecule has 1 fully saturated rings. The maximum atomic E-state index is 4.77. The normalized spacial score (nSPS) is 14.6. The maximum absolute atomic E-state index is 4.77. The molecule has 0 atom stereocenters. The van der Waals surface area contributed by atoms with Gasteiger partial charge in [0.25, 0.3) is 0 Å². The summed E-state index contributed by atoms with van der Waals surface area (Å²) in [6.45, 7) is 4.81. The van der Waals surface area contributed by atoms with E-state index in [4.69, 9.17) is 9.97 Å². The van der Waals surface area contributed by atoms with Gasteiger partial charge in [-0.25, -0.2) is 0 Å². The lowest BCUT2D eigenvalue weighted by Gasteiger charge is -2.16. The molecule has 6 nitrogen and oxygen atoms in total. The highest BCUT2D eigenvalue weighted by Crippen LogP contribution is 2.26. The van der Waals surface area contributed by atoms with Gasteiger partial charge in [-0.3, -0.25) is 4.98 Å². The topological polar surface area (TPSA) is 69.7 Å². The first-order valence-electron chi connectivity index (χ1n) is 8.05. The number of aromatic nitrogens is 4. The van der Waals surface area contributed by atoms with E-state index in [2.05, 4.69) is 32.3 Å². The van der Waals surface area contributed by atoms with Crippen molar-refractivity contribution in [3.05, 3.63) is 41.9 Å². The second kappa shape index (κ2) is 5.87. The van der Waals surface area contributed by atoms with Crippen molar-refractivity contribution in [2.24, 2.45) is 0 Å². The van der Waals surface area contributed by atoms with Crippen molar-refractivity contribution in [3.8, 4) is 0 Å². The van der Waals surface area contributed by atoms with Crippen molar-refractivity contribution in [2.45, 2.75) is 26.3 Å². The van der Waals surface area contributed by atoms with Crippen LogP contribution in [-0.2, 0) is 6.54 Å². The van der Waals surface area contributed by atoms with Crippen LogP contribution in [0.2, 0.25) is 0 Å². The molecule has 0 saturated carbocycles. The third-order valence-electron chi connectivity index (χ3n) is 4.18. The first-order chi connectivity index (χ1) is 11.3. The molecule has 3 aromatic heterocycles. The number of anilines is 2. The van der Waals surface area contributed by atoms with Crippen molar-refractivity contribution in [2.75, 3.05) is 23.3 Å². The van der Waals surface area contributed by atoms with Gasteiger partial charge in [-0.15, -0.1) is 0 Å². The summed E-state index contributed by atoms with van der Waals surface area (Å²) in [5.74, 6) is 1.69. The SMILES string of the molecule is Cc1cc2c(NCc3cccnc3)nc(N3CCCC3)nc2[nH]1. The van der Waals surface area contributed by atoms with Crippen molar-refractivity contribution in [1.82, 2.24) is 19.9 Å².